The highest BCUT2D eigenvalue weighted by molar-refractivity contribution is 4.89. The van der Waals surface area contributed by atoms with Crippen molar-refractivity contribution in [2.75, 3.05) is 13.6 Å². The van der Waals surface area contributed by atoms with Gasteiger partial charge in [0.15, 0.2) is 0 Å². The van der Waals surface area contributed by atoms with Gasteiger partial charge in [0.25, 0.3) is 0 Å². The second kappa shape index (κ2) is 6.38. The van der Waals surface area contributed by atoms with Gasteiger partial charge < -0.3 is 10.2 Å². The number of nitrogens with one attached hydrogen (secondary N) is 1. The van der Waals surface area contributed by atoms with E-state index in [1.54, 1.807) is 0 Å². The van der Waals surface area contributed by atoms with Crippen LogP contribution in [0.5, 0.6) is 0 Å². The van der Waals surface area contributed by atoms with E-state index in [0.29, 0.717) is 6.04 Å². The summed E-state index contributed by atoms with van der Waals surface area (Å²) in [7, 11) is 2.27. The van der Waals surface area contributed by atoms with Gasteiger partial charge in [-0.2, -0.15) is 0 Å². The molecule has 2 aliphatic rings. The van der Waals surface area contributed by atoms with E-state index >= 15 is 0 Å². The van der Waals surface area contributed by atoms with E-state index in [1.807, 2.05) is 0 Å². The molecule has 0 bridgehead atoms. The van der Waals surface area contributed by atoms with E-state index in [9.17, 15) is 0 Å². The Kier molecular flexibility index (Phi) is 5.08. The Balaban J connectivity index is 1.84. The van der Waals surface area contributed by atoms with Crippen molar-refractivity contribution in [1.29, 1.82) is 0 Å². The molecule has 18 heavy (non-hydrogen) atoms. The summed E-state index contributed by atoms with van der Waals surface area (Å²) >= 11 is 0. The minimum atomic E-state index is 0.716. The molecule has 2 fully saturated rings. The zero-order valence-electron chi connectivity index (χ0n) is 12.8. The first-order valence-electron chi connectivity index (χ1n) is 8.04. The molecule has 4 atom stereocenters. The van der Waals surface area contributed by atoms with Gasteiger partial charge in [-0.15, -0.1) is 0 Å². The van der Waals surface area contributed by atoms with Crippen molar-refractivity contribution in [2.24, 2.45) is 11.8 Å². The standard InChI is InChI=1S/C16H32N2/c1-12-11-18(4)13(2)10-16(12)17-14(3)15-8-6-5-7-9-15/h12-17H,5-11H2,1-4H3/t12?,13?,14-,16?/m0/s1. The second-order valence-electron chi connectivity index (χ2n) is 6.96. The highest BCUT2D eigenvalue weighted by atomic mass is 15.2. The van der Waals surface area contributed by atoms with Crippen molar-refractivity contribution < 1.29 is 0 Å². The van der Waals surface area contributed by atoms with Gasteiger partial charge in [0.05, 0.1) is 0 Å². The van der Waals surface area contributed by atoms with Crippen LogP contribution in [0, 0.1) is 11.8 Å². The first kappa shape index (κ1) is 14.3. The molecule has 2 nitrogen and oxygen atoms in total. The topological polar surface area (TPSA) is 15.3 Å². The molecule has 0 aromatic rings. The van der Waals surface area contributed by atoms with Crippen molar-refractivity contribution in [3.8, 4) is 0 Å². The SMILES string of the molecule is CC1CN(C)C(C)CC1N[C@@H](C)C1CCCCC1. The molecule has 0 aromatic carbocycles. The lowest BCUT2D eigenvalue weighted by Crippen LogP contribution is -2.54. The molecule has 1 N–H and O–H groups in total. The summed E-state index contributed by atoms with van der Waals surface area (Å²) in [5, 5.41) is 3.96. The third-order valence-corrected chi connectivity index (χ3v) is 5.44. The van der Waals surface area contributed by atoms with Crippen LogP contribution in [0.3, 0.4) is 0 Å². The fourth-order valence-corrected chi connectivity index (χ4v) is 3.88. The Labute approximate surface area is 114 Å². The van der Waals surface area contributed by atoms with Crippen LogP contribution >= 0.6 is 0 Å². The van der Waals surface area contributed by atoms with Crippen molar-refractivity contribution in [3.63, 3.8) is 0 Å². The summed E-state index contributed by atoms with van der Waals surface area (Å²) in [6, 6.07) is 2.18. The molecule has 0 aromatic heterocycles. The van der Waals surface area contributed by atoms with Crippen LogP contribution in [0.2, 0.25) is 0 Å². The fourth-order valence-electron chi connectivity index (χ4n) is 3.88. The molecule has 1 saturated heterocycles. The minimum absolute atomic E-state index is 0.716. The summed E-state index contributed by atoms with van der Waals surface area (Å²) in [4.78, 5) is 2.51. The van der Waals surface area contributed by atoms with Gasteiger partial charge in [0, 0.05) is 24.7 Å². The van der Waals surface area contributed by atoms with Crippen LogP contribution in [0.15, 0.2) is 0 Å². The number of piperidine rings is 1. The maximum Gasteiger partial charge on any atom is 0.0122 e. The fraction of sp³-hybridized carbons (Fsp3) is 1.00. The van der Waals surface area contributed by atoms with Crippen LogP contribution in [-0.2, 0) is 0 Å². The maximum atomic E-state index is 3.96. The zero-order chi connectivity index (χ0) is 13.1. The molecule has 1 aliphatic carbocycles. The summed E-state index contributed by atoms with van der Waals surface area (Å²) < 4.78 is 0. The van der Waals surface area contributed by atoms with E-state index in [-0.39, 0.29) is 0 Å². The van der Waals surface area contributed by atoms with E-state index < -0.39 is 0 Å². The largest absolute Gasteiger partial charge is 0.311 e. The Morgan fingerprint density at radius 2 is 1.78 bits per heavy atom. The average Bonchev–Trinajstić information content (AvgIpc) is 2.37. The van der Waals surface area contributed by atoms with E-state index in [4.69, 9.17) is 0 Å². The summed E-state index contributed by atoms with van der Waals surface area (Å²) in [5.74, 6) is 1.72. The monoisotopic (exact) mass is 252 g/mol. The Morgan fingerprint density at radius 1 is 1.11 bits per heavy atom. The van der Waals surface area contributed by atoms with Gasteiger partial charge in [0.1, 0.15) is 0 Å². The summed E-state index contributed by atoms with van der Waals surface area (Å²) in [6.07, 6.45) is 8.58. The molecule has 1 heterocycles. The highest BCUT2D eigenvalue weighted by Crippen LogP contribution is 2.28. The molecule has 2 rings (SSSR count). The first-order valence-corrected chi connectivity index (χ1v) is 8.04. The molecule has 0 spiro atoms. The van der Waals surface area contributed by atoms with Gasteiger partial charge in [-0.25, -0.2) is 0 Å². The third kappa shape index (κ3) is 3.48. The van der Waals surface area contributed by atoms with Gasteiger partial charge >= 0.3 is 0 Å². The lowest BCUT2D eigenvalue weighted by Gasteiger charge is -2.42. The van der Waals surface area contributed by atoms with Gasteiger partial charge in [-0.05, 0) is 52.0 Å². The van der Waals surface area contributed by atoms with Crippen molar-refractivity contribution >= 4 is 0 Å². The molecular weight excluding hydrogens is 220 g/mol. The summed E-state index contributed by atoms with van der Waals surface area (Å²) in [6.45, 7) is 8.45. The van der Waals surface area contributed by atoms with Gasteiger partial charge in [-0.3, -0.25) is 0 Å². The highest BCUT2D eigenvalue weighted by Gasteiger charge is 2.31. The third-order valence-electron chi connectivity index (χ3n) is 5.44. The molecule has 0 amide bonds. The molecule has 1 aliphatic heterocycles. The number of likely N-dealkylation sites (tertiary alicyclic amines) is 1. The predicted octanol–water partition coefficient (Wildman–Crippen LogP) is 3.27. The van der Waals surface area contributed by atoms with Crippen LogP contribution in [0.25, 0.3) is 0 Å². The Bertz CT molecular complexity index is 247. The second-order valence-corrected chi connectivity index (χ2v) is 6.96. The van der Waals surface area contributed by atoms with Crippen molar-refractivity contribution in [2.45, 2.75) is 77.4 Å². The number of nitrogens with zero attached hydrogens (tertiary/aromatic N) is 1. The van der Waals surface area contributed by atoms with Crippen LogP contribution < -0.4 is 5.32 Å². The van der Waals surface area contributed by atoms with Crippen molar-refractivity contribution in [3.05, 3.63) is 0 Å². The van der Waals surface area contributed by atoms with Gasteiger partial charge in [0.2, 0.25) is 0 Å². The molecular formula is C16H32N2. The number of rotatable bonds is 3. The Morgan fingerprint density at radius 3 is 2.44 bits per heavy atom. The minimum Gasteiger partial charge on any atom is -0.311 e. The van der Waals surface area contributed by atoms with E-state index in [1.165, 1.54) is 45.1 Å². The van der Waals surface area contributed by atoms with Crippen LogP contribution in [-0.4, -0.2) is 36.6 Å². The smallest absolute Gasteiger partial charge is 0.0122 e. The lowest BCUT2D eigenvalue weighted by molar-refractivity contribution is 0.108. The molecule has 0 radical (unpaired) electrons. The van der Waals surface area contributed by atoms with Crippen LogP contribution in [0.1, 0.15) is 59.3 Å². The quantitative estimate of drug-likeness (QED) is 0.829. The molecule has 106 valence electrons. The normalized spacial score (nSPS) is 37.7. The van der Waals surface area contributed by atoms with E-state index in [0.717, 1.165) is 23.9 Å². The zero-order valence-corrected chi connectivity index (χ0v) is 12.8. The first-order chi connectivity index (χ1) is 8.58. The maximum absolute atomic E-state index is 3.96. The van der Waals surface area contributed by atoms with Crippen LogP contribution in [0.4, 0.5) is 0 Å². The Hall–Kier alpha value is -0.0800. The summed E-state index contributed by atoms with van der Waals surface area (Å²) in [5.41, 5.74) is 0. The molecule has 2 heteroatoms. The van der Waals surface area contributed by atoms with Crippen molar-refractivity contribution in [1.82, 2.24) is 10.2 Å². The lowest BCUT2D eigenvalue weighted by atomic mass is 9.82. The predicted molar refractivity (Wildman–Crippen MR) is 78.8 cm³/mol. The average molecular weight is 252 g/mol. The molecule has 3 unspecified atom stereocenters. The molecule has 1 saturated carbocycles. The van der Waals surface area contributed by atoms with Gasteiger partial charge in [-0.1, -0.05) is 26.2 Å². The number of hydrogen-bond acceptors (Lipinski definition) is 2. The van der Waals surface area contributed by atoms with E-state index in [2.05, 4.69) is 38.0 Å². The number of hydrogen-bond donors (Lipinski definition) is 1.